The number of benzene rings is 1. The molecule has 22 heavy (non-hydrogen) atoms. The molecule has 7 heteroatoms. The highest BCUT2D eigenvalue weighted by Gasteiger charge is 2.30. The molecule has 0 aromatic heterocycles. The van der Waals surface area contributed by atoms with E-state index < -0.39 is 22.0 Å². The van der Waals surface area contributed by atoms with Crippen molar-refractivity contribution in [3.8, 4) is 0 Å². The van der Waals surface area contributed by atoms with Gasteiger partial charge in [-0.25, -0.2) is 8.42 Å². The standard InChI is InChI=1S/C15H20N2O4S/c1-3-22(19,20)10-11(2)16-15(18)14-9-13(17-21-14)12-7-5-4-6-8-12/h4-8,11,14H,3,9-10H2,1-2H3,(H,16,18)/t11-,14-/m0/s1. The van der Waals surface area contributed by atoms with Crippen molar-refractivity contribution in [2.75, 3.05) is 11.5 Å². The van der Waals surface area contributed by atoms with Gasteiger partial charge in [-0.3, -0.25) is 4.79 Å². The molecule has 1 aromatic carbocycles. The number of carbonyl (C=O) groups is 1. The van der Waals surface area contributed by atoms with Crippen LogP contribution in [0.2, 0.25) is 0 Å². The lowest BCUT2D eigenvalue weighted by molar-refractivity contribution is -0.131. The van der Waals surface area contributed by atoms with Crippen LogP contribution in [0.5, 0.6) is 0 Å². The second-order valence-electron chi connectivity index (χ2n) is 5.31. The first-order chi connectivity index (χ1) is 10.4. The van der Waals surface area contributed by atoms with Gasteiger partial charge < -0.3 is 10.2 Å². The van der Waals surface area contributed by atoms with E-state index >= 15 is 0 Å². The van der Waals surface area contributed by atoms with Crippen molar-refractivity contribution in [2.24, 2.45) is 5.16 Å². The number of carbonyl (C=O) groups excluding carboxylic acids is 1. The zero-order valence-corrected chi connectivity index (χ0v) is 13.5. The maximum absolute atomic E-state index is 12.1. The first kappa shape index (κ1) is 16.5. The van der Waals surface area contributed by atoms with Crippen LogP contribution >= 0.6 is 0 Å². The summed E-state index contributed by atoms with van der Waals surface area (Å²) in [4.78, 5) is 17.3. The van der Waals surface area contributed by atoms with Crippen molar-refractivity contribution in [3.05, 3.63) is 35.9 Å². The summed E-state index contributed by atoms with van der Waals surface area (Å²) in [5.74, 6) is -0.351. The minimum Gasteiger partial charge on any atom is -0.382 e. The summed E-state index contributed by atoms with van der Waals surface area (Å²) in [6.07, 6.45) is -0.328. The molecule has 0 radical (unpaired) electrons. The minimum atomic E-state index is -3.13. The quantitative estimate of drug-likeness (QED) is 0.850. The smallest absolute Gasteiger partial charge is 0.264 e. The lowest BCUT2D eigenvalue weighted by atomic mass is 10.0. The third-order valence-corrected chi connectivity index (χ3v) is 5.29. The van der Waals surface area contributed by atoms with Gasteiger partial charge in [0.05, 0.1) is 11.5 Å². The Balaban J connectivity index is 1.88. The first-order valence-corrected chi connectivity index (χ1v) is 9.02. The van der Waals surface area contributed by atoms with Crippen LogP contribution < -0.4 is 5.32 Å². The van der Waals surface area contributed by atoms with Gasteiger partial charge in [-0.15, -0.1) is 0 Å². The number of nitrogens with zero attached hydrogens (tertiary/aromatic N) is 1. The number of nitrogens with one attached hydrogen (secondary N) is 1. The molecule has 1 aliphatic rings. The van der Waals surface area contributed by atoms with Crippen molar-refractivity contribution in [1.82, 2.24) is 5.32 Å². The number of amides is 1. The molecule has 0 fully saturated rings. The van der Waals surface area contributed by atoms with Crippen LogP contribution in [0.4, 0.5) is 0 Å². The summed E-state index contributed by atoms with van der Waals surface area (Å²) in [6, 6.07) is 9.03. The predicted molar refractivity (Wildman–Crippen MR) is 84.4 cm³/mol. The topological polar surface area (TPSA) is 84.8 Å². The van der Waals surface area contributed by atoms with Crippen molar-refractivity contribution < 1.29 is 18.0 Å². The van der Waals surface area contributed by atoms with Gasteiger partial charge in [0, 0.05) is 18.2 Å². The Hall–Kier alpha value is -1.89. The SMILES string of the molecule is CCS(=O)(=O)C[C@H](C)NC(=O)[C@@H]1CC(c2ccccc2)=NO1. The number of hydrogen-bond donors (Lipinski definition) is 1. The summed E-state index contributed by atoms with van der Waals surface area (Å²) in [6.45, 7) is 3.25. The lowest BCUT2D eigenvalue weighted by Crippen LogP contribution is -2.43. The van der Waals surface area contributed by atoms with E-state index in [1.165, 1.54) is 0 Å². The van der Waals surface area contributed by atoms with Crippen LogP contribution in [-0.2, 0) is 19.5 Å². The Morgan fingerprint density at radius 3 is 2.73 bits per heavy atom. The van der Waals surface area contributed by atoms with Crippen molar-refractivity contribution in [2.45, 2.75) is 32.4 Å². The molecule has 1 aromatic rings. The molecule has 120 valence electrons. The van der Waals surface area contributed by atoms with E-state index in [1.54, 1.807) is 13.8 Å². The van der Waals surface area contributed by atoms with E-state index in [4.69, 9.17) is 4.84 Å². The Morgan fingerprint density at radius 2 is 2.09 bits per heavy atom. The molecular weight excluding hydrogens is 304 g/mol. The Kier molecular flexibility index (Phi) is 5.18. The third-order valence-electron chi connectivity index (χ3n) is 3.40. The van der Waals surface area contributed by atoms with Crippen LogP contribution in [0.25, 0.3) is 0 Å². The van der Waals surface area contributed by atoms with Gasteiger partial charge in [-0.1, -0.05) is 42.4 Å². The van der Waals surface area contributed by atoms with Crippen LogP contribution in [0.15, 0.2) is 35.5 Å². The van der Waals surface area contributed by atoms with Gasteiger partial charge in [0.1, 0.15) is 0 Å². The van der Waals surface area contributed by atoms with Crippen molar-refractivity contribution in [1.29, 1.82) is 0 Å². The Labute approximate surface area is 130 Å². The molecule has 1 aliphatic heterocycles. The summed E-state index contributed by atoms with van der Waals surface area (Å²) >= 11 is 0. The molecule has 0 bridgehead atoms. The van der Waals surface area contributed by atoms with E-state index in [2.05, 4.69) is 10.5 Å². The number of oxime groups is 1. The summed E-state index contributed by atoms with van der Waals surface area (Å²) in [5.41, 5.74) is 1.63. The van der Waals surface area contributed by atoms with E-state index in [1.807, 2.05) is 30.3 Å². The second-order valence-corrected chi connectivity index (χ2v) is 7.71. The highest BCUT2D eigenvalue weighted by molar-refractivity contribution is 7.91. The summed E-state index contributed by atoms with van der Waals surface area (Å²) < 4.78 is 23.1. The van der Waals surface area contributed by atoms with Crippen LogP contribution in [0.3, 0.4) is 0 Å². The maximum Gasteiger partial charge on any atom is 0.264 e. The van der Waals surface area contributed by atoms with Gasteiger partial charge in [-0.05, 0) is 12.5 Å². The van der Waals surface area contributed by atoms with E-state index in [0.717, 1.165) is 11.3 Å². The zero-order chi connectivity index (χ0) is 16.2. The first-order valence-electron chi connectivity index (χ1n) is 7.20. The van der Waals surface area contributed by atoms with Crippen LogP contribution in [0, 0.1) is 0 Å². The number of rotatable bonds is 6. The van der Waals surface area contributed by atoms with E-state index in [9.17, 15) is 13.2 Å². The normalized spacial score (nSPS) is 19.2. The largest absolute Gasteiger partial charge is 0.382 e. The Bertz CT molecular complexity index is 655. The van der Waals surface area contributed by atoms with Crippen LogP contribution in [0.1, 0.15) is 25.8 Å². The fraction of sp³-hybridized carbons (Fsp3) is 0.467. The fourth-order valence-corrected chi connectivity index (χ4v) is 3.28. The summed E-state index contributed by atoms with van der Waals surface area (Å²) in [5, 5.41) is 6.61. The molecule has 0 saturated heterocycles. The van der Waals surface area contributed by atoms with Gasteiger partial charge in [0.15, 0.2) is 9.84 Å². The molecule has 6 nitrogen and oxygen atoms in total. The Morgan fingerprint density at radius 1 is 1.41 bits per heavy atom. The molecule has 1 N–H and O–H groups in total. The third kappa shape index (κ3) is 4.30. The monoisotopic (exact) mass is 324 g/mol. The molecule has 0 unspecified atom stereocenters. The molecule has 0 aliphatic carbocycles. The van der Waals surface area contributed by atoms with Gasteiger partial charge >= 0.3 is 0 Å². The number of hydrogen-bond acceptors (Lipinski definition) is 5. The van der Waals surface area contributed by atoms with E-state index in [0.29, 0.717) is 6.42 Å². The molecule has 2 atom stereocenters. The zero-order valence-electron chi connectivity index (χ0n) is 12.7. The van der Waals surface area contributed by atoms with Crippen molar-refractivity contribution >= 4 is 21.5 Å². The van der Waals surface area contributed by atoms with Crippen molar-refractivity contribution in [3.63, 3.8) is 0 Å². The molecule has 1 amide bonds. The van der Waals surface area contributed by atoms with Gasteiger partial charge in [0.2, 0.25) is 6.10 Å². The molecule has 2 rings (SSSR count). The maximum atomic E-state index is 12.1. The highest BCUT2D eigenvalue weighted by atomic mass is 32.2. The van der Waals surface area contributed by atoms with Gasteiger partial charge in [-0.2, -0.15) is 0 Å². The second kappa shape index (κ2) is 6.91. The highest BCUT2D eigenvalue weighted by Crippen LogP contribution is 2.16. The average molecular weight is 324 g/mol. The fourth-order valence-electron chi connectivity index (χ4n) is 2.20. The molecule has 1 heterocycles. The summed E-state index contributed by atoms with van der Waals surface area (Å²) in [7, 11) is -3.13. The average Bonchev–Trinajstić information content (AvgIpc) is 2.97. The van der Waals surface area contributed by atoms with Gasteiger partial charge in [0.25, 0.3) is 5.91 Å². The van der Waals surface area contributed by atoms with E-state index in [-0.39, 0.29) is 17.4 Å². The van der Waals surface area contributed by atoms with Crippen LogP contribution in [-0.4, -0.2) is 43.7 Å². The molecular formula is C15H20N2O4S. The minimum absolute atomic E-state index is 0.0639. The lowest BCUT2D eigenvalue weighted by Gasteiger charge is -2.15. The predicted octanol–water partition coefficient (Wildman–Crippen LogP) is 1.12. The number of sulfone groups is 1. The molecule has 0 saturated carbocycles. The molecule has 0 spiro atoms.